The molecule has 0 spiro atoms. The van der Waals surface area contributed by atoms with Crippen molar-refractivity contribution in [2.75, 3.05) is 12.4 Å². The summed E-state index contributed by atoms with van der Waals surface area (Å²) in [6.45, 7) is 4.85. The zero-order valence-corrected chi connectivity index (χ0v) is 14.2. The molecule has 1 aliphatic heterocycles. The van der Waals surface area contributed by atoms with E-state index in [4.69, 9.17) is 14.2 Å². The van der Waals surface area contributed by atoms with Gasteiger partial charge in [0.2, 0.25) is 0 Å². The number of hydrogen-bond donors (Lipinski definition) is 1. The molecule has 1 fully saturated rings. The molecule has 6 nitrogen and oxygen atoms in total. The van der Waals surface area contributed by atoms with Gasteiger partial charge >= 0.3 is 11.9 Å². The Morgan fingerprint density at radius 3 is 2.36 bits per heavy atom. The summed E-state index contributed by atoms with van der Waals surface area (Å²) in [4.78, 5) is 23.7. The van der Waals surface area contributed by atoms with Crippen LogP contribution in [0.5, 0.6) is 5.75 Å². The van der Waals surface area contributed by atoms with Crippen LogP contribution in [-0.2, 0) is 19.1 Å². The number of halogens is 1. The average Bonchev–Trinajstić information content (AvgIpc) is 2.39. The van der Waals surface area contributed by atoms with Crippen LogP contribution in [0.4, 0.5) is 5.69 Å². The van der Waals surface area contributed by atoms with Crippen molar-refractivity contribution in [1.82, 2.24) is 0 Å². The molecule has 0 aromatic heterocycles. The van der Waals surface area contributed by atoms with Crippen molar-refractivity contribution in [1.29, 1.82) is 0 Å². The summed E-state index contributed by atoms with van der Waals surface area (Å²) in [7, 11) is 1.56. The molecule has 1 heterocycles. The Labute approximate surface area is 136 Å². The van der Waals surface area contributed by atoms with Gasteiger partial charge in [-0.2, -0.15) is 0 Å². The van der Waals surface area contributed by atoms with Crippen molar-refractivity contribution in [3.63, 3.8) is 0 Å². The molecule has 0 radical (unpaired) electrons. The van der Waals surface area contributed by atoms with Crippen molar-refractivity contribution in [3.8, 4) is 5.75 Å². The molecule has 1 N–H and O–H groups in total. The van der Waals surface area contributed by atoms with Gasteiger partial charge in [-0.25, -0.2) is 9.59 Å². The molecule has 118 valence electrons. The molecule has 1 aromatic carbocycles. The summed E-state index contributed by atoms with van der Waals surface area (Å²) in [6.07, 6.45) is 1.27. The first-order valence-corrected chi connectivity index (χ1v) is 7.30. The Morgan fingerprint density at radius 2 is 1.82 bits per heavy atom. The fraction of sp³-hybridized carbons (Fsp3) is 0.333. The third kappa shape index (κ3) is 3.41. The van der Waals surface area contributed by atoms with Crippen molar-refractivity contribution < 1.29 is 23.8 Å². The number of benzene rings is 1. The second-order valence-corrected chi connectivity index (χ2v) is 6.08. The summed E-state index contributed by atoms with van der Waals surface area (Å²) in [5.41, 5.74) is 1.32. The summed E-state index contributed by atoms with van der Waals surface area (Å²) in [5.74, 6) is -2.03. The largest absolute Gasteiger partial charge is 0.496 e. The minimum Gasteiger partial charge on any atom is -0.496 e. The predicted molar refractivity (Wildman–Crippen MR) is 83.4 cm³/mol. The third-order valence-corrected chi connectivity index (χ3v) is 3.49. The lowest BCUT2D eigenvalue weighted by molar-refractivity contribution is -0.222. The highest BCUT2D eigenvalue weighted by Gasteiger charge is 2.38. The highest BCUT2D eigenvalue weighted by molar-refractivity contribution is 9.10. The van der Waals surface area contributed by atoms with E-state index in [2.05, 4.69) is 21.2 Å². The minimum absolute atomic E-state index is 0.197. The highest BCUT2D eigenvalue weighted by Crippen LogP contribution is 2.31. The maximum Gasteiger partial charge on any atom is 0.350 e. The van der Waals surface area contributed by atoms with Gasteiger partial charge in [-0.05, 0) is 19.1 Å². The second kappa shape index (κ2) is 6.00. The maximum absolute atomic E-state index is 11.9. The summed E-state index contributed by atoms with van der Waals surface area (Å²) in [5, 5.41) is 2.91. The molecule has 1 aliphatic rings. The van der Waals surface area contributed by atoms with Crippen molar-refractivity contribution >= 4 is 33.6 Å². The van der Waals surface area contributed by atoms with Crippen LogP contribution in [-0.4, -0.2) is 24.8 Å². The number of carbonyl (C=O) groups excluding carboxylic acids is 2. The quantitative estimate of drug-likeness (QED) is 0.501. The number of nitrogens with one attached hydrogen (secondary N) is 1. The van der Waals surface area contributed by atoms with E-state index in [1.165, 1.54) is 20.0 Å². The number of cyclic esters (lactones) is 2. The molecule has 22 heavy (non-hydrogen) atoms. The third-order valence-electron chi connectivity index (χ3n) is 3.03. The van der Waals surface area contributed by atoms with E-state index in [9.17, 15) is 9.59 Å². The van der Waals surface area contributed by atoms with Crippen LogP contribution in [0, 0.1) is 6.92 Å². The lowest BCUT2D eigenvalue weighted by Crippen LogP contribution is -2.42. The molecule has 0 atom stereocenters. The monoisotopic (exact) mass is 369 g/mol. The van der Waals surface area contributed by atoms with Gasteiger partial charge in [0.1, 0.15) is 5.75 Å². The lowest BCUT2D eigenvalue weighted by Gasteiger charge is -2.29. The Hall–Kier alpha value is -2.02. The molecule has 0 unspecified atom stereocenters. The van der Waals surface area contributed by atoms with E-state index in [1.54, 1.807) is 13.2 Å². The minimum atomic E-state index is -1.25. The zero-order chi connectivity index (χ0) is 16.5. The van der Waals surface area contributed by atoms with Crippen LogP contribution in [0.25, 0.3) is 0 Å². The summed E-state index contributed by atoms with van der Waals surface area (Å²) >= 11 is 3.37. The highest BCUT2D eigenvalue weighted by atomic mass is 79.9. The number of ether oxygens (including phenoxy) is 3. The van der Waals surface area contributed by atoms with Gasteiger partial charge in [0.05, 0.1) is 7.11 Å². The van der Waals surface area contributed by atoms with Crippen LogP contribution in [0.2, 0.25) is 0 Å². The molecule has 0 aliphatic carbocycles. The van der Waals surface area contributed by atoms with Crippen LogP contribution < -0.4 is 10.1 Å². The van der Waals surface area contributed by atoms with E-state index >= 15 is 0 Å². The normalized spacial score (nSPS) is 16.7. The Balaban J connectivity index is 2.27. The number of esters is 2. The van der Waals surface area contributed by atoms with Gasteiger partial charge in [-0.3, -0.25) is 0 Å². The van der Waals surface area contributed by atoms with E-state index < -0.39 is 17.7 Å². The number of carbonyl (C=O) groups is 2. The fourth-order valence-electron chi connectivity index (χ4n) is 1.94. The van der Waals surface area contributed by atoms with E-state index in [0.717, 1.165) is 10.0 Å². The van der Waals surface area contributed by atoms with Gasteiger partial charge in [0.15, 0.2) is 5.57 Å². The molecule has 0 bridgehead atoms. The van der Waals surface area contributed by atoms with Gasteiger partial charge < -0.3 is 19.5 Å². The van der Waals surface area contributed by atoms with Gasteiger partial charge in [0.25, 0.3) is 5.79 Å². The summed E-state index contributed by atoms with van der Waals surface area (Å²) < 4.78 is 16.1. The van der Waals surface area contributed by atoms with Crippen LogP contribution in [0.15, 0.2) is 28.4 Å². The van der Waals surface area contributed by atoms with Crippen LogP contribution >= 0.6 is 15.9 Å². The van der Waals surface area contributed by atoms with E-state index in [-0.39, 0.29) is 5.57 Å². The fourth-order valence-corrected chi connectivity index (χ4v) is 2.38. The standard InChI is InChI=1S/C15H16BrNO5/c1-8-11(5-9(16)6-12(8)20-4)17-7-10-13(18)21-15(2,3)22-14(10)19/h5-7,17H,1-4H3. The topological polar surface area (TPSA) is 73.9 Å². The molecular weight excluding hydrogens is 354 g/mol. The van der Waals surface area contributed by atoms with Crippen molar-refractivity contribution in [2.24, 2.45) is 0 Å². The Kier molecular flexibility index (Phi) is 4.46. The molecule has 7 heteroatoms. The average molecular weight is 370 g/mol. The van der Waals surface area contributed by atoms with Crippen LogP contribution in [0.1, 0.15) is 19.4 Å². The Bertz CT molecular complexity index is 644. The first-order valence-electron chi connectivity index (χ1n) is 6.51. The van der Waals surface area contributed by atoms with E-state index in [1.807, 2.05) is 13.0 Å². The van der Waals surface area contributed by atoms with Crippen LogP contribution in [0.3, 0.4) is 0 Å². The van der Waals surface area contributed by atoms with E-state index in [0.29, 0.717) is 11.4 Å². The maximum atomic E-state index is 11.9. The van der Waals surface area contributed by atoms with Crippen molar-refractivity contribution in [3.05, 3.63) is 33.9 Å². The predicted octanol–water partition coefficient (Wildman–Crippen LogP) is 2.90. The van der Waals surface area contributed by atoms with Gasteiger partial charge in [0, 0.05) is 35.8 Å². The molecular formula is C15H16BrNO5. The van der Waals surface area contributed by atoms with Gasteiger partial charge in [-0.15, -0.1) is 0 Å². The second-order valence-electron chi connectivity index (χ2n) is 5.16. The van der Waals surface area contributed by atoms with Gasteiger partial charge in [-0.1, -0.05) is 15.9 Å². The SMILES string of the molecule is COc1cc(Br)cc(NC=C2C(=O)OC(C)(C)OC2=O)c1C. The molecule has 2 rings (SSSR count). The molecule has 0 saturated carbocycles. The van der Waals surface area contributed by atoms with Crippen molar-refractivity contribution in [2.45, 2.75) is 26.6 Å². The number of methoxy groups -OCH3 is 1. The zero-order valence-electron chi connectivity index (χ0n) is 12.7. The lowest BCUT2D eigenvalue weighted by atomic mass is 10.1. The Morgan fingerprint density at radius 1 is 1.23 bits per heavy atom. The molecule has 1 saturated heterocycles. The number of anilines is 1. The first kappa shape index (κ1) is 16.4. The number of rotatable bonds is 3. The first-order chi connectivity index (χ1) is 10.2. The summed E-state index contributed by atoms with van der Waals surface area (Å²) in [6, 6.07) is 3.62. The smallest absolute Gasteiger partial charge is 0.350 e. The molecule has 1 aromatic rings. The number of hydrogen-bond acceptors (Lipinski definition) is 6. The molecule has 0 amide bonds.